The molecule has 0 radical (unpaired) electrons. The minimum Gasteiger partial charge on any atom is -0.0622 e. The first kappa shape index (κ1) is 15.8. The largest absolute Gasteiger partial charge is 0.0622 e. The van der Waals surface area contributed by atoms with E-state index in [0.717, 1.165) is 0 Å². The van der Waals surface area contributed by atoms with Crippen molar-refractivity contribution >= 4 is 21.5 Å². The fourth-order valence-electron chi connectivity index (χ4n) is 3.78. The molecule has 0 aliphatic heterocycles. The molecule has 0 spiro atoms. The molecule has 0 heteroatoms. The summed E-state index contributed by atoms with van der Waals surface area (Å²) in [6, 6.07) is 37.4. The summed E-state index contributed by atoms with van der Waals surface area (Å²) in [4.78, 5) is 0. The quantitative estimate of drug-likeness (QED) is 0.309. The van der Waals surface area contributed by atoms with E-state index in [0.29, 0.717) is 0 Å². The van der Waals surface area contributed by atoms with E-state index in [2.05, 4.69) is 110 Å². The Kier molecular flexibility index (Phi) is 3.76. The normalized spacial score (nSPS) is 11.1. The minimum absolute atomic E-state index is 1.26. The molecule has 5 rings (SSSR count). The number of fused-ring (bicyclic) bond motifs is 2. The van der Waals surface area contributed by atoms with Crippen molar-refractivity contribution in [1.82, 2.24) is 0 Å². The van der Waals surface area contributed by atoms with E-state index < -0.39 is 0 Å². The Morgan fingerprint density at radius 3 is 1.37 bits per heavy atom. The van der Waals surface area contributed by atoms with Crippen molar-refractivity contribution in [3.8, 4) is 22.3 Å². The van der Waals surface area contributed by atoms with Crippen molar-refractivity contribution in [2.75, 3.05) is 0 Å². The third-order valence-electron chi connectivity index (χ3n) is 5.28. The van der Waals surface area contributed by atoms with E-state index in [4.69, 9.17) is 0 Å². The zero-order chi connectivity index (χ0) is 18.2. The Hall–Kier alpha value is -3.38. The van der Waals surface area contributed by atoms with Crippen LogP contribution in [0.1, 0.15) is 5.56 Å². The molecule has 0 nitrogen and oxygen atoms in total. The minimum atomic E-state index is 1.26. The molecule has 0 saturated carbocycles. The second-order valence-electron chi connectivity index (χ2n) is 7.21. The molecule has 0 atom stereocenters. The highest BCUT2D eigenvalue weighted by atomic mass is 14.1. The Morgan fingerprint density at radius 2 is 0.815 bits per heavy atom. The summed E-state index contributed by atoms with van der Waals surface area (Å²) in [7, 11) is 0. The van der Waals surface area contributed by atoms with Crippen molar-refractivity contribution in [2.24, 2.45) is 0 Å². The molecule has 0 saturated heterocycles. The Labute approximate surface area is 159 Å². The summed E-state index contributed by atoms with van der Waals surface area (Å²) in [6.45, 7) is 2.14. The molecule has 0 aromatic heterocycles. The lowest BCUT2D eigenvalue weighted by Crippen LogP contribution is -1.83. The van der Waals surface area contributed by atoms with E-state index in [1.165, 1.54) is 49.4 Å². The molecule has 0 amide bonds. The second-order valence-corrected chi connectivity index (χ2v) is 7.21. The Balaban J connectivity index is 1.57. The summed E-state index contributed by atoms with van der Waals surface area (Å²) >= 11 is 0. The zero-order valence-corrected chi connectivity index (χ0v) is 15.3. The van der Waals surface area contributed by atoms with Crippen LogP contribution in [0.2, 0.25) is 0 Å². The van der Waals surface area contributed by atoms with Crippen molar-refractivity contribution in [1.29, 1.82) is 0 Å². The first-order valence-electron chi connectivity index (χ1n) is 9.36. The Bertz CT molecular complexity index is 1260. The van der Waals surface area contributed by atoms with Crippen molar-refractivity contribution in [3.05, 3.63) is 109 Å². The molecule has 0 bridgehead atoms. The third kappa shape index (κ3) is 3.00. The second kappa shape index (κ2) is 6.41. The lowest BCUT2D eigenvalue weighted by Gasteiger charge is -2.08. The topological polar surface area (TPSA) is 0 Å². The molecule has 0 heterocycles. The number of aryl methyl sites for hydroxylation is 1. The maximum atomic E-state index is 2.29. The SMILES string of the molecule is Cc1ccc2cc(-c3ccc4cc(-c5ccccc5)ccc4c3)ccc2c1. The van der Waals surface area contributed by atoms with E-state index >= 15 is 0 Å². The van der Waals surface area contributed by atoms with Crippen LogP contribution in [0.15, 0.2) is 103 Å². The molecule has 27 heavy (non-hydrogen) atoms. The van der Waals surface area contributed by atoms with Crippen LogP contribution in [0, 0.1) is 6.92 Å². The third-order valence-corrected chi connectivity index (χ3v) is 5.28. The van der Waals surface area contributed by atoms with Crippen LogP contribution in [0.5, 0.6) is 0 Å². The van der Waals surface area contributed by atoms with E-state index in [1.807, 2.05) is 0 Å². The maximum Gasteiger partial charge on any atom is -0.0177 e. The van der Waals surface area contributed by atoms with Crippen LogP contribution in [0.3, 0.4) is 0 Å². The Morgan fingerprint density at radius 1 is 0.370 bits per heavy atom. The van der Waals surface area contributed by atoms with Crippen LogP contribution < -0.4 is 0 Å². The number of hydrogen-bond acceptors (Lipinski definition) is 0. The van der Waals surface area contributed by atoms with Gasteiger partial charge in [-0.2, -0.15) is 0 Å². The molecule has 0 N–H and O–H groups in total. The smallest absolute Gasteiger partial charge is 0.0177 e. The molecular weight excluding hydrogens is 324 g/mol. The molecular formula is C27H20. The molecule has 0 unspecified atom stereocenters. The fourth-order valence-corrected chi connectivity index (χ4v) is 3.78. The highest BCUT2D eigenvalue weighted by Crippen LogP contribution is 2.30. The molecule has 0 aliphatic carbocycles. The molecule has 128 valence electrons. The summed E-state index contributed by atoms with van der Waals surface area (Å²) < 4.78 is 0. The monoisotopic (exact) mass is 344 g/mol. The standard InChI is InChI=1S/C27H20/c1-19-7-8-23-17-25(11-9-21(23)15-19)27-14-13-24-16-22(10-12-26(24)18-27)20-5-3-2-4-6-20/h2-18H,1H3. The fraction of sp³-hybridized carbons (Fsp3) is 0.0370. The molecule has 5 aromatic rings. The first-order valence-corrected chi connectivity index (χ1v) is 9.36. The molecule has 0 fully saturated rings. The molecule has 5 aromatic carbocycles. The van der Waals surface area contributed by atoms with Gasteiger partial charge in [-0.1, -0.05) is 90.5 Å². The van der Waals surface area contributed by atoms with Gasteiger partial charge in [-0.3, -0.25) is 0 Å². The van der Waals surface area contributed by atoms with Gasteiger partial charge >= 0.3 is 0 Å². The lowest BCUT2D eigenvalue weighted by atomic mass is 9.96. The van der Waals surface area contributed by atoms with Crippen LogP contribution >= 0.6 is 0 Å². The van der Waals surface area contributed by atoms with Crippen molar-refractivity contribution in [2.45, 2.75) is 6.92 Å². The summed E-state index contributed by atoms with van der Waals surface area (Å²) in [6.07, 6.45) is 0. The van der Waals surface area contributed by atoms with Gasteiger partial charge in [0.25, 0.3) is 0 Å². The van der Waals surface area contributed by atoms with Gasteiger partial charge in [-0.15, -0.1) is 0 Å². The van der Waals surface area contributed by atoms with Crippen molar-refractivity contribution in [3.63, 3.8) is 0 Å². The van der Waals surface area contributed by atoms with Gasteiger partial charge in [-0.25, -0.2) is 0 Å². The van der Waals surface area contributed by atoms with Crippen LogP contribution in [-0.4, -0.2) is 0 Å². The summed E-state index contributed by atoms with van der Waals surface area (Å²) in [5, 5.41) is 5.14. The average molecular weight is 344 g/mol. The van der Waals surface area contributed by atoms with Crippen LogP contribution in [-0.2, 0) is 0 Å². The van der Waals surface area contributed by atoms with E-state index in [1.54, 1.807) is 0 Å². The zero-order valence-electron chi connectivity index (χ0n) is 15.3. The maximum absolute atomic E-state index is 2.29. The highest BCUT2D eigenvalue weighted by Gasteiger charge is 2.04. The van der Waals surface area contributed by atoms with Gasteiger partial charge in [0.1, 0.15) is 0 Å². The van der Waals surface area contributed by atoms with Crippen molar-refractivity contribution < 1.29 is 0 Å². The van der Waals surface area contributed by atoms with Gasteiger partial charge < -0.3 is 0 Å². The predicted molar refractivity (Wildman–Crippen MR) is 117 cm³/mol. The highest BCUT2D eigenvalue weighted by molar-refractivity contribution is 5.93. The molecule has 0 aliphatic rings. The van der Waals surface area contributed by atoms with E-state index in [9.17, 15) is 0 Å². The lowest BCUT2D eigenvalue weighted by molar-refractivity contribution is 1.50. The van der Waals surface area contributed by atoms with E-state index in [-0.39, 0.29) is 0 Å². The number of hydrogen-bond donors (Lipinski definition) is 0. The summed E-state index contributed by atoms with van der Waals surface area (Å²) in [5.41, 5.74) is 6.35. The van der Waals surface area contributed by atoms with Gasteiger partial charge in [0.05, 0.1) is 0 Å². The van der Waals surface area contributed by atoms with Gasteiger partial charge in [0, 0.05) is 0 Å². The van der Waals surface area contributed by atoms with Gasteiger partial charge in [0.15, 0.2) is 0 Å². The number of benzene rings is 5. The summed E-state index contributed by atoms with van der Waals surface area (Å²) in [5.74, 6) is 0. The van der Waals surface area contributed by atoms with Gasteiger partial charge in [0.2, 0.25) is 0 Å². The first-order chi connectivity index (χ1) is 13.3. The number of rotatable bonds is 2. The average Bonchev–Trinajstić information content (AvgIpc) is 2.73. The van der Waals surface area contributed by atoms with Gasteiger partial charge in [-0.05, 0) is 68.9 Å². The predicted octanol–water partition coefficient (Wildman–Crippen LogP) is 7.64. The van der Waals surface area contributed by atoms with Crippen LogP contribution in [0.4, 0.5) is 0 Å². The van der Waals surface area contributed by atoms with Crippen LogP contribution in [0.25, 0.3) is 43.8 Å².